The summed E-state index contributed by atoms with van der Waals surface area (Å²) in [5.41, 5.74) is 0. The van der Waals surface area contributed by atoms with E-state index < -0.39 is 0 Å². The summed E-state index contributed by atoms with van der Waals surface area (Å²) in [6.07, 6.45) is 7.09. The van der Waals surface area contributed by atoms with Crippen LogP contribution >= 0.6 is 0 Å². The highest BCUT2D eigenvalue weighted by Crippen LogP contribution is 2.38. The van der Waals surface area contributed by atoms with Crippen molar-refractivity contribution in [2.45, 2.75) is 63.2 Å². The van der Waals surface area contributed by atoms with Gasteiger partial charge in [0.05, 0.1) is 0 Å². The van der Waals surface area contributed by atoms with Crippen LogP contribution in [0.25, 0.3) is 0 Å². The Balaban J connectivity index is 1.64. The van der Waals surface area contributed by atoms with Crippen LogP contribution in [0.2, 0.25) is 0 Å². The van der Waals surface area contributed by atoms with E-state index in [9.17, 15) is 0 Å². The maximum absolute atomic E-state index is 3.67. The van der Waals surface area contributed by atoms with Crippen molar-refractivity contribution in [3.63, 3.8) is 0 Å². The number of likely N-dealkylation sites (N-methyl/N-ethyl adjacent to an activating group) is 1. The molecular weight excluding hydrogens is 210 g/mol. The lowest BCUT2D eigenvalue weighted by atomic mass is 9.95. The second-order valence-corrected chi connectivity index (χ2v) is 6.26. The highest BCUT2D eigenvalue weighted by molar-refractivity contribution is 5.01. The van der Waals surface area contributed by atoms with E-state index in [2.05, 4.69) is 29.1 Å². The van der Waals surface area contributed by atoms with Crippen LogP contribution in [0.5, 0.6) is 0 Å². The molecule has 3 atom stereocenters. The van der Waals surface area contributed by atoms with E-state index in [0.717, 1.165) is 30.7 Å². The van der Waals surface area contributed by atoms with E-state index in [1.165, 1.54) is 45.2 Å². The third-order valence-corrected chi connectivity index (χ3v) is 5.07. The highest BCUT2D eigenvalue weighted by Gasteiger charge is 2.44. The van der Waals surface area contributed by atoms with Crippen LogP contribution in [0.3, 0.4) is 0 Å². The quantitative estimate of drug-likeness (QED) is 0.798. The van der Waals surface area contributed by atoms with E-state index in [-0.39, 0.29) is 0 Å². The fourth-order valence-corrected chi connectivity index (χ4v) is 4.42. The molecule has 3 nitrogen and oxygen atoms in total. The molecule has 3 rings (SSSR count). The van der Waals surface area contributed by atoms with Gasteiger partial charge < -0.3 is 10.2 Å². The molecule has 17 heavy (non-hydrogen) atoms. The Kier molecular flexibility index (Phi) is 3.42. The minimum Gasteiger partial charge on any atom is -0.314 e. The molecule has 0 amide bonds. The number of fused-ring (bicyclic) bond motifs is 2. The molecule has 1 N–H and O–H groups in total. The second-order valence-electron chi connectivity index (χ2n) is 6.26. The van der Waals surface area contributed by atoms with Gasteiger partial charge in [0.2, 0.25) is 0 Å². The van der Waals surface area contributed by atoms with Crippen molar-refractivity contribution in [3.8, 4) is 0 Å². The number of nitrogens with zero attached hydrogens (tertiary/aromatic N) is 2. The summed E-state index contributed by atoms with van der Waals surface area (Å²) in [6.45, 7) is 5.98. The summed E-state index contributed by atoms with van der Waals surface area (Å²) in [5.74, 6) is 0. The predicted molar refractivity (Wildman–Crippen MR) is 71.2 cm³/mol. The average Bonchev–Trinajstić information content (AvgIpc) is 2.81. The Hall–Kier alpha value is -0.120. The molecule has 3 heteroatoms. The Morgan fingerprint density at radius 2 is 1.76 bits per heavy atom. The van der Waals surface area contributed by atoms with Gasteiger partial charge in [0.25, 0.3) is 0 Å². The minimum absolute atomic E-state index is 0.799. The molecule has 3 fully saturated rings. The van der Waals surface area contributed by atoms with Crippen LogP contribution in [-0.2, 0) is 0 Å². The standard InChI is InChI=1S/C14H27N3/c1-3-15-11-8-12-4-5-13(9-11)17(12)14-6-7-16(2)10-14/h11-15H,3-10H2,1-2H3. The first-order valence-corrected chi connectivity index (χ1v) is 7.47. The van der Waals surface area contributed by atoms with Crippen LogP contribution in [0.15, 0.2) is 0 Å². The van der Waals surface area contributed by atoms with Crippen molar-refractivity contribution in [2.24, 2.45) is 0 Å². The molecule has 0 aromatic carbocycles. The van der Waals surface area contributed by atoms with Crippen LogP contribution in [-0.4, -0.2) is 60.6 Å². The lowest BCUT2D eigenvalue weighted by molar-refractivity contribution is 0.0741. The van der Waals surface area contributed by atoms with Crippen LogP contribution in [0.1, 0.15) is 39.0 Å². The van der Waals surface area contributed by atoms with Gasteiger partial charge in [-0.25, -0.2) is 0 Å². The van der Waals surface area contributed by atoms with Gasteiger partial charge in [0.1, 0.15) is 0 Å². The molecular formula is C14H27N3. The molecule has 98 valence electrons. The Labute approximate surface area is 106 Å². The van der Waals surface area contributed by atoms with Gasteiger partial charge >= 0.3 is 0 Å². The van der Waals surface area contributed by atoms with Gasteiger partial charge in [-0.05, 0) is 52.2 Å². The summed E-state index contributed by atoms with van der Waals surface area (Å²) < 4.78 is 0. The zero-order valence-electron chi connectivity index (χ0n) is 11.4. The fourth-order valence-electron chi connectivity index (χ4n) is 4.42. The van der Waals surface area contributed by atoms with Crippen molar-refractivity contribution in [1.29, 1.82) is 0 Å². The molecule has 0 aromatic rings. The second kappa shape index (κ2) is 4.87. The predicted octanol–water partition coefficient (Wildman–Crippen LogP) is 1.30. The largest absolute Gasteiger partial charge is 0.314 e. The Morgan fingerprint density at radius 3 is 2.29 bits per heavy atom. The molecule has 0 aromatic heterocycles. The third-order valence-electron chi connectivity index (χ3n) is 5.07. The summed E-state index contributed by atoms with van der Waals surface area (Å²) in [7, 11) is 2.27. The number of nitrogens with one attached hydrogen (secondary N) is 1. The molecule has 3 aliphatic heterocycles. The van der Waals surface area contributed by atoms with E-state index in [1.807, 2.05) is 0 Å². The number of likely N-dealkylation sites (tertiary alicyclic amines) is 1. The van der Waals surface area contributed by atoms with E-state index >= 15 is 0 Å². The minimum atomic E-state index is 0.799. The van der Waals surface area contributed by atoms with Crippen molar-refractivity contribution < 1.29 is 0 Å². The van der Waals surface area contributed by atoms with Gasteiger partial charge in [0.15, 0.2) is 0 Å². The summed E-state index contributed by atoms with van der Waals surface area (Å²) >= 11 is 0. The maximum Gasteiger partial charge on any atom is 0.0241 e. The monoisotopic (exact) mass is 237 g/mol. The first-order valence-electron chi connectivity index (χ1n) is 7.47. The smallest absolute Gasteiger partial charge is 0.0241 e. The molecule has 3 unspecified atom stereocenters. The zero-order chi connectivity index (χ0) is 11.8. The average molecular weight is 237 g/mol. The highest BCUT2D eigenvalue weighted by atomic mass is 15.3. The molecule has 3 aliphatic rings. The van der Waals surface area contributed by atoms with Crippen LogP contribution in [0.4, 0.5) is 0 Å². The van der Waals surface area contributed by atoms with Crippen LogP contribution < -0.4 is 5.32 Å². The van der Waals surface area contributed by atoms with E-state index in [1.54, 1.807) is 0 Å². The molecule has 3 heterocycles. The summed E-state index contributed by atoms with van der Waals surface area (Å²) in [4.78, 5) is 5.40. The first-order chi connectivity index (χ1) is 8.28. The van der Waals surface area contributed by atoms with Crippen molar-refractivity contribution >= 4 is 0 Å². The van der Waals surface area contributed by atoms with Gasteiger partial charge in [0, 0.05) is 30.7 Å². The molecule has 3 saturated heterocycles. The van der Waals surface area contributed by atoms with Crippen molar-refractivity contribution in [1.82, 2.24) is 15.1 Å². The summed E-state index contributed by atoms with van der Waals surface area (Å²) in [6, 6.07) is 3.43. The summed E-state index contributed by atoms with van der Waals surface area (Å²) in [5, 5.41) is 3.67. The van der Waals surface area contributed by atoms with Gasteiger partial charge in [-0.2, -0.15) is 0 Å². The number of hydrogen-bond acceptors (Lipinski definition) is 3. The Morgan fingerprint density at radius 1 is 1.06 bits per heavy atom. The molecule has 0 spiro atoms. The number of rotatable bonds is 3. The van der Waals surface area contributed by atoms with Crippen molar-refractivity contribution in [3.05, 3.63) is 0 Å². The first kappa shape index (κ1) is 11.9. The SMILES string of the molecule is CCNC1CC2CCC(C1)N2C1CCN(C)C1. The molecule has 0 saturated carbocycles. The lowest BCUT2D eigenvalue weighted by Gasteiger charge is -2.42. The molecule has 0 aliphatic carbocycles. The van der Waals surface area contributed by atoms with Crippen LogP contribution in [0, 0.1) is 0 Å². The molecule has 2 bridgehead atoms. The van der Waals surface area contributed by atoms with Gasteiger partial charge in [-0.3, -0.25) is 4.90 Å². The van der Waals surface area contributed by atoms with Gasteiger partial charge in [-0.1, -0.05) is 6.92 Å². The number of hydrogen-bond donors (Lipinski definition) is 1. The third kappa shape index (κ3) is 2.25. The van der Waals surface area contributed by atoms with Gasteiger partial charge in [-0.15, -0.1) is 0 Å². The maximum atomic E-state index is 3.67. The van der Waals surface area contributed by atoms with E-state index in [0.29, 0.717) is 0 Å². The lowest BCUT2D eigenvalue weighted by Crippen LogP contribution is -2.53. The Bertz CT molecular complexity index is 254. The topological polar surface area (TPSA) is 18.5 Å². The van der Waals surface area contributed by atoms with E-state index in [4.69, 9.17) is 0 Å². The van der Waals surface area contributed by atoms with Crippen molar-refractivity contribution in [2.75, 3.05) is 26.7 Å². The normalized spacial score (nSPS) is 43.4. The fraction of sp³-hybridized carbons (Fsp3) is 1.00. The number of piperidine rings is 1. The molecule has 0 radical (unpaired) electrons. The zero-order valence-corrected chi connectivity index (χ0v) is 11.4.